The molecule has 0 aromatic carbocycles. The number of unbranched alkanes of at least 4 members (excludes halogenated alkanes) is 31. The normalized spacial score (nSPS) is 14.1. The molecule has 0 heterocycles. The van der Waals surface area contributed by atoms with E-state index in [2.05, 4.69) is 57.2 Å². The number of carbonyl (C=O) groups excluding carboxylic acids is 3. The molecule has 0 rings (SSSR count). The quantitative estimate of drug-likeness (QED) is 0.0319. The average Bonchev–Trinajstić information content (AvgIpc) is 3.26. The second-order valence-corrected chi connectivity index (χ2v) is 18.3. The Hall–Kier alpha value is -1.89. The van der Waals surface area contributed by atoms with Crippen LogP contribution in [0, 0.1) is 0 Å². The Kier molecular flexibility index (Phi) is 42.0. The summed E-state index contributed by atoms with van der Waals surface area (Å²) in [7, 11) is 0. The van der Waals surface area contributed by atoms with Crippen LogP contribution in [0.1, 0.15) is 278 Å². The maximum atomic E-state index is 13.8. The molecule has 0 aliphatic carbocycles. The van der Waals surface area contributed by atoms with Crippen molar-refractivity contribution in [2.24, 2.45) is 0 Å². The van der Waals surface area contributed by atoms with Crippen LogP contribution in [0.3, 0.4) is 0 Å². The van der Waals surface area contributed by atoms with Gasteiger partial charge in [0.25, 0.3) is 0 Å². The third-order valence-corrected chi connectivity index (χ3v) is 12.6. The van der Waals surface area contributed by atoms with Gasteiger partial charge in [-0.15, -0.1) is 0 Å². The molecule has 0 fully saturated rings. The van der Waals surface area contributed by atoms with Gasteiger partial charge in [0.05, 0.1) is 6.61 Å². The Bertz CT molecular complexity index is 1110. The van der Waals surface area contributed by atoms with Gasteiger partial charge in [-0.2, -0.15) is 0 Å². The maximum absolute atomic E-state index is 13.8. The lowest BCUT2D eigenvalue weighted by Gasteiger charge is -2.39. The van der Waals surface area contributed by atoms with Crippen LogP contribution in [-0.4, -0.2) is 50.5 Å². The van der Waals surface area contributed by atoms with Crippen molar-refractivity contribution in [1.82, 2.24) is 0 Å². The molecule has 0 aromatic rings. The van der Waals surface area contributed by atoms with Gasteiger partial charge in [0.1, 0.15) is 0 Å². The van der Waals surface area contributed by atoms with Crippen molar-refractivity contribution < 1.29 is 29.7 Å². The summed E-state index contributed by atoms with van der Waals surface area (Å²) in [4.78, 5) is 41.2. The van der Waals surface area contributed by atoms with E-state index in [1.54, 1.807) is 0 Å². The van der Waals surface area contributed by atoms with Gasteiger partial charge in [0, 0.05) is 19.3 Å². The highest BCUT2D eigenvalue weighted by atomic mass is 16.4. The zero-order valence-electron chi connectivity index (χ0n) is 40.5. The van der Waals surface area contributed by atoms with E-state index in [1.165, 1.54) is 109 Å². The van der Waals surface area contributed by atoms with E-state index in [0.717, 1.165) is 109 Å². The van der Waals surface area contributed by atoms with Crippen LogP contribution in [0.15, 0.2) is 36.5 Å². The molecular weight excluding hydrogens is 757 g/mol. The summed E-state index contributed by atoms with van der Waals surface area (Å²) >= 11 is 0. The fraction of sp³-hybridized carbons (Fsp3) is 0.836. The van der Waals surface area contributed by atoms with Gasteiger partial charge in [-0.05, 0) is 77.0 Å². The van der Waals surface area contributed by atoms with Gasteiger partial charge >= 0.3 is 0 Å². The Labute approximate surface area is 377 Å². The van der Waals surface area contributed by atoms with E-state index in [-0.39, 0.29) is 19.3 Å². The van der Waals surface area contributed by atoms with Crippen LogP contribution < -0.4 is 0 Å². The predicted molar refractivity (Wildman–Crippen MR) is 261 cm³/mol. The largest absolute Gasteiger partial charge is 0.393 e. The van der Waals surface area contributed by atoms with Gasteiger partial charge in [0.2, 0.25) is 5.60 Å². The van der Waals surface area contributed by atoms with Crippen molar-refractivity contribution in [3.05, 3.63) is 36.5 Å². The summed E-state index contributed by atoms with van der Waals surface area (Å²) in [5.41, 5.74) is -5.78. The number of aliphatic hydroxyl groups is 3. The first-order chi connectivity index (χ1) is 29.8. The minimum absolute atomic E-state index is 0.101. The number of ketones is 3. The lowest BCUT2D eigenvalue weighted by Crippen LogP contribution is -2.69. The highest BCUT2D eigenvalue weighted by Crippen LogP contribution is 2.32. The van der Waals surface area contributed by atoms with E-state index in [1.807, 2.05) is 0 Å². The molecule has 0 aliphatic rings. The molecule has 356 valence electrons. The van der Waals surface area contributed by atoms with Crippen LogP contribution in [0.5, 0.6) is 0 Å². The van der Waals surface area contributed by atoms with Crippen molar-refractivity contribution in [3.8, 4) is 0 Å². The summed E-state index contributed by atoms with van der Waals surface area (Å²) < 4.78 is 0. The van der Waals surface area contributed by atoms with Gasteiger partial charge in [-0.1, -0.05) is 218 Å². The Morgan fingerprint density at radius 1 is 0.344 bits per heavy atom. The van der Waals surface area contributed by atoms with E-state index < -0.39 is 35.2 Å². The fourth-order valence-electron chi connectivity index (χ4n) is 8.35. The highest BCUT2D eigenvalue weighted by molar-refractivity contribution is 6.16. The molecule has 0 spiro atoms. The van der Waals surface area contributed by atoms with Crippen molar-refractivity contribution in [2.45, 2.75) is 289 Å². The number of allylic oxidation sites excluding steroid dienone is 6. The monoisotopic (exact) mass is 857 g/mol. The molecule has 0 aromatic heterocycles. The maximum Gasteiger partial charge on any atom is 0.219 e. The first kappa shape index (κ1) is 59.1. The van der Waals surface area contributed by atoms with Crippen LogP contribution in [0.2, 0.25) is 0 Å². The lowest BCUT2D eigenvalue weighted by atomic mass is 9.71. The number of rotatable bonds is 48. The van der Waals surface area contributed by atoms with Crippen molar-refractivity contribution >= 4 is 17.3 Å². The van der Waals surface area contributed by atoms with Gasteiger partial charge in [0.15, 0.2) is 23.0 Å². The van der Waals surface area contributed by atoms with E-state index in [0.29, 0.717) is 19.3 Å². The summed E-state index contributed by atoms with van der Waals surface area (Å²) in [6.45, 7) is 5.55. The molecule has 0 saturated carbocycles. The SMILES string of the molecule is CCCCC/C=C\C/C=C\CCCCCCCC(=O)C(O)(CO)C(O)(C(=O)CCCCCCC/C=C\CCCCCCCC)C(=O)CCCCCCCCCCCCCCC. The second kappa shape index (κ2) is 43.4. The predicted octanol–water partition coefficient (Wildman–Crippen LogP) is 15.5. The number of carbonyl (C=O) groups is 3. The summed E-state index contributed by atoms with van der Waals surface area (Å²) in [6, 6.07) is 0. The Morgan fingerprint density at radius 2 is 0.590 bits per heavy atom. The number of aliphatic hydroxyl groups excluding tert-OH is 1. The third-order valence-electron chi connectivity index (χ3n) is 12.6. The van der Waals surface area contributed by atoms with E-state index in [9.17, 15) is 29.7 Å². The summed E-state index contributed by atoms with van der Waals surface area (Å²) in [6.07, 6.45) is 53.5. The van der Waals surface area contributed by atoms with Gasteiger partial charge < -0.3 is 15.3 Å². The minimum atomic E-state index is -2.94. The molecule has 0 amide bonds. The topological polar surface area (TPSA) is 112 Å². The molecule has 0 aliphatic heterocycles. The van der Waals surface area contributed by atoms with Gasteiger partial charge in [-0.25, -0.2) is 0 Å². The van der Waals surface area contributed by atoms with Crippen LogP contribution >= 0.6 is 0 Å². The number of hydrogen-bond donors (Lipinski definition) is 3. The Balaban J connectivity index is 4.99. The lowest BCUT2D eigenvalue weighted by molar-refractivity contribution is -0.194. The van der Waals surface area contributed by atoms with Crippen molar-refractivity contribution in [2.75, 3.05) is 6.61 Å². The molecule has 0 saturated heterocycles. The van der Waals surface area contributed by atoms with E-state index >= 15 is 0 Å². The third kappa shape index (κ3) is 30.8. The molecule has 0 radical (unpaired) electrons. The Morgan fingerprint density at radius 3 is 0.918 bits per heavy atom. The number of hydrogen-bond acceptors (Lipinski definition) is 6. The molecule has 6 heteroatoms. The van der Waals surface area contributed by atoms with Crippen LogP contribution in [-0.2, 0) is 14.4 Å². The van der Waals surface area contributed by atoms with E-state index in [4.69, 9.17) is 0 Å². The minimum Gasteiger partial charge on any atom is -0.393 e. The fourth-order valence-corrected chi connectivity index (χ4v) is 8.35. The first-order valence-electron chi connectivity index (χ1n) is 26.4. The second-order valence-electron chi connectivity index (χ2n) is 18.3. The van der Waals surface area contributed by atoms with Gasteiger partial charge in [-0.3, -0.25) is 14.4 Å². The standard InChI is InChI=1S/C55H100O6/c1-4-7-10-13-16-19-22-25-27-30-32-35-38-41-44-47-51(57)54(60,50-56)55(61,52(58)48-45-42-39-36-33-29-24-21-18-15-12-9-6-3)53(59)49-46-43-40-37-34-31-28-26-23-20-17-14-11-8-5-2/h16,19,25-28,56,60-61H,4-15,17-18,20-24,29-50H2,1-3H3/b19-16-,27-25-,28-26-. The highest BCUT2D eigenvalue weighted by Gasteiger charge is 2.62. The first-order valence-corrected chi connectivity index (χ1v) is 26.4. The van der Waals surface area contributed by atoms with Crippen LogP contribution in [0.25, 0.3) is 0 Å². The van der Waals surface area contributed by atoms with Crippen molar-refractivity contribution in [1.29, 1.82) is 0 Å². The molecule has 3 N–H and O–H groups in total. The van der Waals surface area contributed by atoms with Crippen molar-refractivity contribution in [3.63, 3.8) is 0 Å². The molecule has 61 heavy (non-hydrogen) atoms. The van der Waals surface area contributed by atoms with Crippen LogP contribution in [0.4, 0.5) is 0 Å². The molecule has 2 unspecified atom stereocenters. The molecule has 2 atom stereocenters. The summed E-state index contributed by atoms with van der Waals surface area (Å²) in [5, 5.41) is 34.1. The summed E-state index contributed by atoms with van der Waals surface area (Å²) in [5.74, 6) is -2.49. The molecule has 0 bridgehead atoms. The average molecular weight is 857 g/mol. The zero-order valence-corrected chi connectivity index (χ0v) is 40.5. The molecule has 6 nitrogen and oxygen atoms in total. The zero-order chi connectivity index (χ0) is 45.0. The number of Topliss-reactive ketones (excluding diaryl/α,β-unsaturated/α-hetero) is 3. The smallest absolute Gasteiger partial charge is 0.219 e. The molecular formula is C55H100O6.